The maximum absolute atomic E-state index is 13.0. The van der Waals surface area contributed by atoms with Crippen molar-refractivity contribution in [2.45, 2.75) is 39.7 Å². The third-order valence-electron chi connectivity index (χ3n) is 4.26. The number of nitrogens with zero attached hydrogens (tertiary/aromatic N) is 4. The number of hydrogen-bond donors (Lipinski definition) is 1. The first-order chi connectivity index (χ1) is 12.8. The largest absolute Gasteiger partial charge is 0.322 e. The standard InChI is InChI=1S/C20H20ClN5O/c1-11(2)18-8-15(16-10-23-26(12(3)4)19(16)25-18)20(27)24-14-5-6-17(21)13(7-14)9-22/h5-8,10-12H,1-4H3,(H,24,27). The quantitative estimate of drug-likeness (QED) is 0.695. The van der Waals surface area contributed by atoms with E-state index in [1.54, 1.807) is 30.5 Å². The number of nitriles is 1. The van der Waals surface area contributed by atoms with Gasteiger partial charge in [-0.2, -0.15) is 10.4 Å². The summed E-state index contributed by atoms with van der Waals surface area (Å²) < 4.78 is 1.81. The number of carbonyl (C=O) groups is 1. The lowest BCUT2D eigenvalue weighted by Crippen LogP contribution is -2.14. The minimum Gasteiger partial charge on any atom is -0.322 e. The number of pyridine rings is 1. The van der Waals surface area contributed by atoms with E-state index in [1.165, 1.54) is 0 Å². The van der Waals surface area contributed by atoms with Crippen LogP contribution in [-0.4, -0.2) is 20.7 Å². The molecule has 138 valence electrons. The van der Waals surface area contributed by atoms with Crippen molar-refractivity contribution in [3.8, 4) is 6.07 Å². The summed E-state index contributed by atoms with van der Waals surface area (Å²) in [6.45, 7) is 8.11. The molecule has 2 aromatic heterocycles. The van der Waals surface area contributed by atoms with E-state index in [0.717, 1.165) is 5.69 Å². The van der Waals surface area contributed by atoms with Crippen molar-refractivity contribution >= 4 is 34.2 Å². The van der Waals surface area contributed by atoms with Crippen molar-refractivity contribution < 1.29 is 4.79 Å². The minimum absolute atomic E-state index is 0.128. The molecule has 1 aromatic carbocycles. The van der Waals surface area contributed by atoms with Gasteiger partial charge in [0.25, 0.3) is 5.91 Å². The molecule has 0 aliphatic carbocycles. The van der Waals surface area contributed by atoms with E-state index in [4.69, 9.17) is 21.8 Å². The predicted octanol–water partition coefficient (Wildman–Crippen LogP) is 4.91. The summed E-state index contributed by atoms with van der Waals surface area (Å²) in [5, 5.41) is 17.4. The Labute approximate surface area is 162 Å². The van der Waals surface area contributed by atoms with Crippen molar-refractivity contribution in [2.24, 2.45) is 0 Å². The molecule has 1 N–H and O–H groups in total. The average Bonchev–Trinajstić information content (AvgIpc) is 3.06. The van der Waals surface area contributed by atoms with Gasteiger partial charge in [0.1, 0.15) is 6.07 Å². The highest BCUT2D eigenvalue weighted by Gasteiger charge is 2.19. The Morgan fingerprint density at radius 2 is 2.00 bits per heavy atom. The fourth-order valence-electron chi connectivity index (χ4n) is 2.79. The molecule has 2 heterocycles. The number of amides is 1. The number of halogens is 1. The van der Waals surface area contributed by atoms with Crippen LogP contribution >= 0.6 is 11.6 Å². The van der Waals surface area contributed by atoms with E-state index in [-0.39, 0.29) is 17.9 Å². The van der Waals surface area contributed by atoms with Crippen molar-refractivity contribution in [3.05, 3.63) is 52.3 Å². The first-order valence-electron chi connectivity index (χ1n) is 8.71. The molecule has 0 unspecified atom stereocenters. The van der Waals surface area contributed by atoms with Crippen LogP contribution in [0.15, 0.2) is 30.5 Å². The second-order valence-electron chi connectivity index (χ2n) is 6.93. The highest BCUT2D eigenvalue weighted by molar-refractivity contribution is 6.31. The first-order valence-corrected chi connectivity index (χ1v) is 9.08. The third kappa shape index (κ3) is 3.64. The Balaban J connectivity index is 2.07. The molecule has 0 atom stereocenters. The topological polar surface area (TPSA) is 83.6 Å². The Morgan fingerprint density at radius 1 is 1.26 bits per heavy atom. The van der Waals surface area contributed by atoms with Crippen molar-refractivity contribution in [2.75, 3.05) is 5.32 Å². The Hall–Kier alpha value is -2.91. The van der Waals surface area contributed by atoms with Gasteiger partial charge in [0.05, 0.1) is 27.7 Å². The number of fused-ring (bicyclic) bond motifs is 1. The zero-order chi connectivity index (χ0) is 19.7. The van der Waals surface area contributed by atoms with Crippen molar-refractivity contribution in [1.29, 1.82) is 5.26 Å². The maximum Gasteiger partial charge on any atom is 0.256 e. The minimum atomic E-state index is -0.279. The van der Waals surface area contributed by atoms with Gasteiger partial charge in [0.15, 0.2) is 5.65 Å². The molecule has 0 aliphatic rings. The molecule has 3 rings (SSSR count). The Morgan fingerprint density at radius 3 is 2.63 bits per heavy atom. The van der Waals surface area contributed by atoms with Gasteiger partial charge in [0, 0.05) is 17.4 Å². The van der Waals surface area contributed by atoms with Crippen molar-refractivity contribution in [1.82, 2.24) is 14.8 Å². The van der Waals surface area contributed by atoms with Gasteiger partial charge in [0.2, 0.25) is 0 Å². The molecule has 3 aromatic rings. The fourth-order valence-corrected chi connectivity index (χ4v) is 2.95. The third-order valence-corrected chi connectivity index (χ3v) is 4.59. The SMILES string of the molecule is CC(C)c1cc(C(=O)Nc2ccc(Cl)c(C#N)c2)c2cnn(C(C)C)c2n1. The molecular weight excluding hydrogens is 362 g/mol. The van der Waals surface area contributed by atoms with Gasteiger partial charge in [-0.05, 0) is 44.0 Å². The summed E-state index contributed by atoms with van der Waals surface area (Å²) in [4.78, 5) is 17.7. The molecule has 0 radical (unpaired) electrons. The fraction of sp³-hybridized carbons (Fsp3) is 0.300. The molecule has 0 bridgehead atoms. The number of carbonyl (C=O) groups excluding carboxylic acids is 1. The second-order valence-corrected chi connectivity index (χ2v) is 7.34. The zero-order valence-corrected chi connectivity index (χ0v) is 16.4. The van der Waals surface area contributed by atoms with Gasteiger partial charge in [-0.3, -0.25) is 4.79 Å². The number of rotatable bonds is 4. The van der Waals surface area contributed by atoms with E-state index in [1.807, 2.05) is 38.4 Å². The highest BCUT2D eigenvalue weighted by atomic mass is 35.5. The van der Waals surface area contributed by atoms with Gasteiger partial charge in [-0.15, -0.1) is 0 Å². The van der Waals surface area contributed by atoms with E-state index in [0.29, 0.717) is 32.9 Å². The molecule has 27 heavy (non-hydrogen) atoms. The molecule has 6 nitrogen and oxygen atoms in total. The summed E-state index contributed by atoms with van der Waals surface area (Å²) in [5.41, 5.74) is 2.83. The molecule has 0 saturated heterocycles. The molecule has 0 fully saturated rings. The van der Waals surface area contributed by atoms with Crippen LogP contribution in [0.4, 0.5) is 5.69 Å². The normalized spacial score (nSPS) is 11.2. The number of hydrogen-bond acceptors (Lipinski definition) is 4. The monoisotopic (exact) mass is 381 g/mol. The van der Waals surface area contributed by atoms with Crippen LogP contribution in [0.5, 0.6) is 0 Å². The van der Waals surface area contributed by atoms with Crippen LogP contribution in [0.1, 0.15) is 61.3 Å². The van der Waals surface area contributed by atoms with E-state index in [9.17, 15) is 4.79 Å². The van der Waals surface area contributed by atoms with Crippen LogP contribution in [0, 0.1) is 11.3 Å². The lowest BCUT2D eigenvalue weighted by molar-refractivity contribution is 0.102. The smallest absolute Gasteiger partial charge is 0.256 e. The van der Waals surface area contributed by atoms with Gasteiger partial charge in [-0.1, -0.05) is 25.4 Å². The lowest BCUT2D eigenvalue weighted by Gasteiger charge is -2.12. The summed E-state index contributed by atoms with van der Waals surface area (Å²) >= 11 is 5.96. The summed E-state index contributed by atoms with van der Waals surface area (Å²) in [6.07, 6.45) is 1.67. The number of benzene rings is 1. The van der Waals surface area contributed by atoms with Crippen LogP contribution in [0.3, 0.4) is 0 Å². The number of anilines is 1. The van der Waals surface area contributed by atoms with Crippen LogP contribution in [0.2, 0.25) is 5.02 Å². The number of aromatic nitrogens is 3. The van der Waals surface area contributed by atoms with Crippen LogP contribution < -0.4 is 5.32 Å². The lowest BCUT2D eigenvalue weighted by atomic mass is 10.0. The Bertz CT molecular complexity index is 1060. The molecule has 7 heteroatoms. The summed E-state index contributed by atoms with van der Waals surface area (Å²) in [7, 11) is 0. The number of nitrogens with one attached hydrogen (secondary N) is 1. The molecule has 1 amide bonds. The predicted molar refractivity (Wildman–Crippen MR) is 106 cm³/mol. The summed E-state index contributed by atoms with van der Waals surface area (Å²) in [5.74, 6) is -0.115. The van der Waals surface area contributed by atoms with Gasteiger partial charge in [-0.25, -0.2) is 9.67 Å². The van der Waals surface area contributed by atoms with E-state index in [2.05, 4.69) is 10.4 Å². The zero-order valence-electron chi connectivity index (χ0n) is 15.6. The van der Waals surface area contributed by atoms with Crippen molar-refractivity contribution in [3.63, 3.8) is 0 Å². The van der Waals surface area contributed by atoms with Gasteiger partial charge < -0.3 is 5.32 Å². The Kier molecular flexibility index (Phi) is 5.15. The summed E-state index contributed by atoms with van der Waals surface area (Å²) in [6, 6.07) is 8.75. The van der Waals surface area contributed by atoms with E-state index >= 15 is 0 Å². The van der Waals surface area contributed by atoms with E-state index < -0.39 is 0 Å². The van der Waals surface area contributed by atoms with Crippen LogP contribution in [-0.2, 0) is 0 Å². The second kappa shape index (κ2) is 7.37. The first kappa shape index (κ1) is 18.9. The maximum atomic E-state index is 13.0. The molecular formula is C20H20ClN5O. The highest BCUT2D eigenvalue weighted by Crippen LogP contribution is 2.26. The molecule has 0 spiro atoms. The average molecular weight is 382 g/mol. The molecule has 0 saturated carbocycles. The van der Waals surface area contributed by atoms with Crippen LogP contribution in [0.25, 0.3) is 11.0 Å². The molecule has 0 aliphatic heterocycles. The van der Waals surface area contributed by atoms with Gasteiger partial charge >= 0.3 is 0 Å².